The van der Waals surface area contributed by atoms with Crippen LogP contribution in [0, 0.1) is 0 Å². The minimum Gasteiger partial charge on any atom is -0.390 e. The van der Waals surface area contributed by atoms with Crippen LogP contribution in [0.1, 0.15) is 0 Å². The fraction of sp³-hybridized carbons (Fsp3) is 0.400. The van der Waals surface area contributed by atoms with Gasteiger partial charge in [-0.3, -0.25) is 0 Å². The second-order valence-electron chi connectivity index (χ2n) is 4.02. The van der Waals surface area contributed by atoms with Gasteiger partial charge in [0.1, 0.15) is 0 Å². The second kappa shape index (κ2) is 4.65. The third kappa shape index (κ3) is 3.04. The van der Waals surface area contributed by atoms with Gasteiger partial charge >= 0.3 is 0 Å². The summed E-state index contributed by atoms with van der Waals surface area (Å²) in [5.41, 5.74) is 0.567. The molecule has 17 heavy (non-hydrogen) atoms. The topological polar surface area (TPSA) is 66.4 Å². The highest BCUT2D eigenvalue weighted by Gasteiger charge is 2.36. The Morgan fingerprint density at radius 2 is 2.00 bits per heavy atom. The van der Waals surface area contributed by atoms with Crippen molar-refractivity contribution in [3.63, 3.8) is 0 Å². The van der Waals surface area contributed by atoms with E-state index >= 15 is 0 Å². The Morgan fingerprint density at radius 3 is 2.53 bits per heavy atom. The number of hydrogen-bond acceptors (Lipinski definition) is 4. The Labute approximate surface area is 109 Å². The number of sulfone groups is 1. The number of aliphatic hydroxyl groups excluding tert-OH is 1. The molecule has 1 fully saturated rings. The van der Waals surface area contributed by atoms with Crippen molar-refractivity contribution in [1.29, 1.82) is 0 Å². The van der Waals surface area contributed by atoms with Crippen molar-refractivity contribution in [2.75, 3.05) is 16.8 Å². The summed E-state index contributed by atoms with van der Waals surface area (Å²) in [6.45, 7) is 0. The van der Waals surface area contributed by atoms with Crippen LogP contribution in [0.3, 0.4) is 0 Å². The summed E-state index contributed by atoms with van der Waals surface area (Å²) in [4.78, 5) is 0. The highest BCUT2D eigenvalue weighted by molar-refractivity contribution is 7.91. The molecule has 1 aliphatic rings. The lowest BCUT2D eigenvalue weighted by Gasteiger charge is -2.17. The number of rotatable bonds is 2. The van der Waals surface area contributed by atoms with Crippen LogP contribution in [0.2, 0.25) is 10.0 Å². The number of aliphatic hydroxyl groups is 1. The van der Waals surface area contributed by atoms with Gasteiger partial charge in [0.15, 0.2) is 9.84 Å². The molecule has 0 spiro atoms. The van der Waals surface area contributed by atoms with Crippen LogP contribution >= 0.6 is 23.2 Å². The van der Waals surface area contributed by atoms with Gasteiger partial charge in [0.05, 0.1) is 34.4 Å². The third-order valence-electron chi connectivity index (χ3n) is 2.59. The van der Waals surface area contributed by atoms with E-state index in [2.05, 4.69) is 5.32 Å². The van der Waals surface area contributed by atoms with Gasteiger partial charge in [-0.25, -0.2) is 8.42 Å². The SMILES string of the molecule is O=S1(=O)C[C@H](Nc2ccc(Cl)cc2Cl)[C@@H](O)C1. The summed E-state index contributed by atoms with van der Waals surface area (Å²) in [5.74, 6) is -0.303. The van der Waals surface area contributed by atoms with Gasteiger partial charge in [-0.2, -0.15) is 0 Å². The molecule has 2 N–H and O–H groups in total. The van der Waals surface area contributed by atoms with Crippen molar-refractivity contribution in [3.8, 4) is 0 Å². The van der Waals surface area contributed by atoms with E-state index in [0.717, 1.165) is 0 Å². The maximum Gasteiger partial charge on any atom is 0.155 e. The first-order valence-corrected chi connectivity index (χ1v) is 7.55. The van der Waals surface area contributed by atoms with Gasteiger partial charge in [-0.15, -0.1) is 0 Å². The Kier molecular flexibility index (Phi) is 3.54. The molecule has 0 bridgehead atoms. The average molecular weight is 296 g/mol. The molecule has 94 valence electrons. The number of nitrogens with one attached hydrogen (secondary N) is 1. The normalized spacial score (nSPS) is 27.0. The number of benzene rings is 1. The summed E-state index contributed by atoms with van der Waals surface area (Å²) >= 11 is 11.7. The second-order valence-corrected chi connectivity index (χ2v) is 7.02. The van der Waals surface area contributed by atoms with Crippen LogP contribution in [0.15, 0.2) is 18.2 Å². The molecule has 4 nitrogen and oxygen atoms in total. The summed E-state index contributed by atoms with van der Waals surface area (Å²) in [6, 6.07) is 4.33. The van der Waals surface area contributed by atoms with E-state index in [9.17, 15) is 13.5 Å². The highest BCUT2D eigenvalue weighted by atomic mass is 35.5. The van der Waals surface area contributed by atoms with Crippen molar-refractivity contribution < 1.29 is 13.5 Å². The molecule has 1 aromatic carbocycles. The summed E-state index contributed by atoms with van der Waals surface area (Å²) < 4.78 is 22.7. The van der Waals surface area contributed by atoms with Crippen LogP contribution in [-0.2, 0) is 9.84 Å². The molecule has 0 aliphatic carbocycles. The van der Waals surface area contributed by atoms with Crippen molar-refractivity contribution in [2.45, 2.75) is 12.1 Å². The average Bonchev–Trinajstić information content (AvgIpc) is 2.44. The minimum absolute atomic E-state index is 0.0902. The molecule has 1 saturated heterocycles. The van der Waals surface area contributed by atoms with Crippen molar-refractivity contribution >= 4 is 38.7 Å². The zero-order valence-electron chi connectivity index (χ0n) is 8.73. The Hall–Kier alpha value is -0.490. The Bertz CT molecular complexity index is 532. The van der Waals surface area contributed by atoms with Crippen LogP contribution < -0.4 is 5.32 Å². The first kappa shape index (κ1) is 13.0. The van der Waals surface area contributed by atoms with E-state index < -0.39 is 22.0 Å². The van der Waals surface area contributed by atoms with Crippen LogP contribution in [0.25, 0.3) is 0 Å². The standard InChI is InChI=1S/C10H11Cl2NO3S/c11-6-1-2-8(7(12)3-6)13-9-4-17(15,16)5-10(9)14/h1-3,9-10,13-14H,4-5H2/t9-,10-/m0/s1. The third-order valence-corrected chi connectivity index (χ3v) is 4.86. The lowest BCUT2D eigenvalue weighted by atomic mass is 10.2. The van der Waals surface area contributed by atoms with E-state index in [1.165, 1.54) is 0 Å². The first-order valence-electron chi connectivity index (χ1n) is 4.97. The molecule has 0 saturated carbocycles. The summed E-state index contributed by atoms with van der Waals surface area (Å²) in [5, 5.41) is 13.4. The van der Waals surface area contributed by atoms with E-state index in [1.54, 1.807) is 18.2 Å². The molecule has 0 unspecified atom stereocenters. The van der Waals surface area contributed by atoms with Gasteiger partial charge < -0.3 is 10.4 Å². The van der Waals surface area contributed by atoms with Gasteiger partial charge in [0, 0.05) is 5.02 Å². The summed E-state index contributed by atoms with van der Waals surface area (Å²) in [6.07, 6.45) is -0.910. The Balaban J connectivity index is 2.17. The van der Waals surface area contributed by atoms with Crippen molar-refractivity contribution in [3.05, 3.63) is 28.2 Å². The van der Waals surface area contributed by atoms with Crippen LogP contribution in [-0.4, -0.2) is 37.2 Å². The van der Waals surface area contributed by atoms with E-state index in [0.29, 0.717) is 15.7 Å². The zero-order chi connectivity index (χ0) is 12.6. The largest absolute Gasteiger partial charge is 0.390 e. The van der Waals surface area contributed by atoms with Crippen molar-refractivity contribution in [2.24, 2.45) is 0 Å². The molecule has 7 heteroatoms. The molecule has 2 atom stereocenters. The fourth-order valence-corrected chi connectivity index (χ4v) is 3.98. The predicted octanol–water partition coefficient (Wildman–Crippen LogP) is 1.56. The molecule has 1 heterocycles. The lowest BCUT2D eigenvalue weighted by Crippen LogP contribution is -2.31. The fourth-order valence-electron chi connectivity index (χ4n) is 1.77. The predicted molar refractivity (Wildman–Crippen MR) is 68.5 cm³/mol. The molecule has 1 aliphatic heterocycles. The molecule has 0 radical (unpaired) electrons. The molecule has 0 amide bonds. The van der Waals surface area contributed by atoms with E-state index in [1.807, 2.05) is 0 Å². The molecule has 2 rings (SSSR count). The molecule has 1 aromatic rings. The van der Waals surface area contributed by atoms with Crippen molar-refractivity contribution in [1.82, 2.24) is 0 Å². The first-order chi connectivity index (χ1) is 7.87. The maximum atomic E-state index is 11.3. The zero-order valence-corrected chi connectivity index (χ0v) is 11.1. The Morgan fingerprint density at radius 1 is 1.29 bits per heavy atom. The number of hydrogen-bond donors (Lipinski definition) is 2. The van der Waals surface area contributed by atoms with Crippen LogP contribution in [0.5, 0.6) is 0 Å². The monoisotopic (exact) mass is 295 g/mol. The van der Waals surface area contributed by atoms with Gasteiger partial charge in [-0.1, -0.05) is 23.2 Å². The molecular formula is C10H11Cl2NO3S. The van der Waals surface area contributed by atoms with E-state index in [-0.39, 0.29) is 11.5 Å². The maximum absolute atomic E-state index is 11.3. The summed E-state index contributed by atoms with van der Waals surface area (Å²) in [7, 11) is -3.17. The van der Waals surface area contributed by atoms with E-state index in [4.69, 9.17) is 23.2 Å². The highest BCUT2D eigenvalue weighted by Crippen LogP contribution is 2.27. The molecule has 0 aromatic heterocycles. The molecular weight excluding hydrogens is 285 g/mol. The number of anilines is 1. The quantitative estimate of drug-likeness (QED) is 0.869. The van der Waals surface area contributed by atoms with Crippen LogP contribution in [0.4, 0.5) is 5.69 Å². The van der Waals surface area contributed by atoms with Gasteiger partial charge in [-0.05, 0) is 18.2 Å². The van der Waals surface area contributed by atoms with Gasteiger partial charge in [0.2, 0.25) is 0 Å². The minimum atomic E-state index is -3.17. The smallest absolute Gasteiger partial charge is 0.155 e. The number of halogens is 2. The van der Waals surface area contributed by atoms with Gasteiger partial charge in [0.25, 0.3) is 0 Å². The lowest BCUT2D eigenvalue weighted by molar-refractivity contribution is 0.190.